The average molecular weight is 441 g/mol. The van der Waals surface area contributed by atoms with E-state index in [1.807, 2.05) is 18.7 Å². The Morgan fingerprint density at radius 3 is 2.50 bits per heavy atom. The minimum atomic E-state index is -0.416. The summed E-state index contributed by atoms with van der Waals surface area (Å²) < 4.78 is 18.9. The van der Waals surface area contributed by atoms with Crippen molar-refractivity contribution in [1.82, 2.24) is 19.8 Å². The fourth-order valence-electron chi connectivity index (χ4n) is 4.46. The van der Waals surface area contributed by atoms with Crippen LogP contribution in [0.15, 0.2) is 24.3 Å². The third-order valence-corrected chi connectivity index (χ3v) is 6.28. The predicted octanol–water partition coefficient (Wildman–Crippen LogP) is 2.65. The van der Waals surface area contributed by atoms with Gasteiger partial charge in [-0.25, -0.2) is 14.4 Å². The second-order valence-corrected chi connectivity index (χ2v) is 8.50. The van der Waals surface area contributed by atoms with Crippen LogP contribution in [0.4, 0.5) is 4.39 Å². The zero-order chi connectivity index (χ0) is 22.7. The van der Waals surface area contributed by atoms with Gasteiger partial charge in [0, 0.05) is 54.6 Å². The molecule has 0 bridgehead atoms. The van der Waals surface area contributed by atoms with E-state index in [0.29, 0.717) is 50.8 Å². The number of carbonyl (C=O) groups excluding carboxylic acids is 2. The van der Waals surface area contributed by atoms with Crippen molar-refractivity contribution < 1.29 is 18.7 Å². The van der Waals surface area contributed by atoms with Crippen molar-refractivity contribution >= 4 is 11.8 Å². The van der Waals surface area contributed by atoms with Gasteiger partial charge in [0.1, 0.15) is 11.6 Å². The average Bonchev–Trinajstić information content (AvgIpc) is 2.81. The fourth-order valence-corrected chi connectivity index (χ4v) is 4.46. The number of hydrogen-bond donors (Lipinski definition) is 0. The molecule has 1 atom stereocenters. The summed E-state index contributed by atoms with van der Waals surface area (Å²) in [6, 6.07) is 5.80. The van der Waals surface area contributed by atoms with Gasteiger partial charge in [0.05, 0.1) is 19.6 Å². The van der Waals surface area contributed by atoms with E-state index in [4.69, 9.17) is 14.7 Å². The Bertz CT molecular complexity index is 983. The fraction of sp³-hybridized carbons (Fsp3) is 0.500. The molecule has 3 heterocycles. The molecule has 0 spiro atoms. The van der Waals surface area contributed by atoms with E-state index < -0.39 is 5.82 Å². The number of morpholine rings is 1. The van der Waals surface area contributed by atoms with Gasteiger partial charge in [-0.15, -0.1) is 0 Å². The zero-order valence-corrected chi connectivity index (χ0v) is 18.6. The number of amides is 2. The van der Waals surface area contributed by atoms with Crippen LogP contribution < -0.4 is 0 Å². The van der Waals surface area contributed by atoms with Gasteiger partial charge in [0.15, 0.2) is 0 Å². The first-order valence-electron chi connectivity index (χ1n) is 11.2. The van der Waals surface area contributed by atoms with Crippen LogP contribution in [-0.2, 0) is 16.0 Å². The van der Waals surface area contributed by atoms with Crippen LogP contribution in [0.3, 0.4) is 0 Å². The third-order valence-electron chi connectivity index (χ3n) is 6.28. The summed E-state index contributed by atoms with van der Waals surface area (Å²) >= 11 is 0. The first-order valence-corrected chi connectivity index (χ1v) is 11.2. The van der Waals surface area contributed by atoms with Crippen molar-refractivity contribution in [3.8, 4) is 0 Å². The van der Waals surface area contributed by atoms with Crippen LogP contribution in [0.5, 0.6) is 0 Å². The Morgan fingerprint density at radius 1 is 1.09 bits per heavy atom. The largest absolute Gasteiger partial charge is 0.378 e. The van der Waals surface area contributed by atoms with Crippen LogP contribution in [0.25, 0.3) is 0 Å². The van der Waals surface area contributed by atoms with Crippen molar-refractivity contribution in [3.63, 3.8) is 0 Å². The molecular weight excluding hydrogens is 411 g/mol. The minimum Gasteiger partial charge on any atom is -0.378 e. The number of hydrogen-bond acceptors (Lipinski definition) is 5. The molecule has 32 heavy (non-hydrogen) atoms. The maximum Gasteiger partial charge on any atom is 0.253 e. The Hall–Kier alpha value is -2.87. The zero-order valence-electron chi connectivity index (χ0n) is 18.6. The number of aryl methyl sites for hydroxylation is 2. The molecule has 8 heteroatoms. The third kappa shape index (κ3) is 4.96. The monoisotopic (exact) mass is 440 g/mol. The summed E-state index contributed by atoms with van der Waals surface area (Å²) in [6.45, 7) is 7.35. The van der Waals surface area contributed by atoms with Crippen molar-refractivity contribution in [2.45, 2.75) is 39.0 Å². The highest BCUT2D eigenvalue weighted by atomic mass is 19.1. The topological polar surface area (TPSA) is 75.6 Å². The molecule has 2 aliphatic rings. The second-order valence-electron chi connectivity index (χ2n) is 8.50. The number of benzene rings is 1. The number of carbonyl (C=O) groups is 2. The molecule has 2 aliphatic heterocycles. The summed E-state index contributed by atoms with van der Waals surface area (Å²) in [5.41, 5.74) is 2.84. The van der Waals surface area contributed by atoms with E-state index >= 15 is 0 Å². The van der Waals surface area contributed by atoms with Crippen LogP contribution in [-0.4, -0.2) is 71.0 Å². The van der Waals surface area contributed by atoms with Gasteiger partial charge in [0.25, 0.3) is 5.91 Å². The molecule has 2 amide bonds. The number of piperidine rings is 1. The molecule has 2 aromatic rings. The van der Waals surface area contributed by atoms with Gasteiger partial charge in [-0.05, 0) is 44.9 Å². The van der Waals surface area contributed by atoms with Gasteiger partial charge in [0.2, 0.25) is 5.91 Å². The van der Waals surface area contributed by atoms with Crippen molar-refractivity contribution in [1.29, 1.82) is 0 Å². The van der Waals surface area contributed by atoms with Gasteiger partial charge < -0.3 is 14.5 Å². The first kappa shape index (κ1) is 22.3. The molecular formula is C24H29FN4O3. The molecule has 7 nitrogen and oxygen atoms in total. The highest BCUT2D eigenvalue weighted by Gasteiger charge is 2.28. The number of halogens is 1. The van der Waals surface area contributed by atoms with E-state index in [2.05, 4.69) is 0 Å². The lowest BCUT2D eigenvalue weighted by atomic mass is 9.95. The van der Waals surface area contributed by atoms with Crippen molar-refractivity contribution in [3.05, 3.63) is 58.4 Å². The smallest absolute Gasteiger partial charge is 0.253 e. The molecule has 0 aliphatic carbocycles. The highest BCUT2D eigenvalue weighted by molar-refractivity contribution is 5.94. The van der Waals surface area contributed by atoms with E-state index in [1.54, 1.807) is 17.0 Å². The molecule has 0 saturated carbocycles. The van der Waals surface area contributed by atoms with Gasteiger partial charge in [-0.3, -0.25) is 9.59 Å². The minimum absolute atomic E-state index is 0.0163. The summed E-state index contributed by atoms with van der Waals surface area (Å²) in [6.07, 6.45) is 2.01. The lowest BCUT2D eigenvalue weighted by molar-refractivity contribution is -0.134. The van der Waals surface area contributed by atoms with Crippen molar-refractivity contribution in [2.24, 2.45) is 0 Å². The predicted molar refractivity (Wildman–Crippen MR) is 117 cm³/mol. The summed E-state index contributed by atoms with van der Waals surface area (Å²) in [5, 5.41) is 0. The van der Waals surface area contributed by atoms with Crippen LogP contribution in [0.1, 0.15) is 51.9 Å². The number of likely N-dealkylation sites (tertiary alicyclic amines) is 1. The van der Waals surface area contributed by atoms with Gasteiger partial charge >= 0.3 is 0 Å². The molecule has 1 aromatic carbocycles. The van der Waals surface area contributed by atoms with E-state index in [-0.39, 0.29) is 24.2 Å². The molecule has 170 valence electrons. The lowest BCUT2D eigenvalue weighted by Crippen LogP contribution is -2.41. The van der Waals surface area contributed by atoms with Crippen LogP contribution >= 0.6 is 0 Å². The highest BCUT2D eigenvalue weighted by Crippen LogP contribution is 2.27. The van der Waals surface area contributed by atoms with Crippen molar-refractivity contribution in [2.75, 3.05) is 39.4 Å². The number of ether oxygens (including phenoxy) is 1. The molecule has 1 aromatic heterocycles. The SMILES string of the molecule is Cc1nc([C@H]2CCCN(C(=O)c3cccc(F)c3)C2)nc(C)c1CC(=O)N1CCOCC1. The molecule has 0 unspecified atom stereocenters. The summed E-state index contributed by atoms with van der Waals surface area (Å²) in [4.78, 5) is 38.6. The number of nitrogens with zero attached hydrogens (tertiary/aromatic N) is 4. The van der Waals surface area contributed by atoms with E-state index in [1.165, 1.54) is 12.1 Å². The van der Waals surface area contributed by atoms with E-state index in [0.717, 1.165) is 29.8 Å². The standard InChI is InChI=1S/C24H29FN4O3/c1-16-21(14-22(30)28-9-11-32-12-10-28)17(2)27-23(26-16)19-6-4-8-29(15-19)24(31)18-5-3-7-20(25)13-18/h3,5,7,13,19H,4,6,8-12,14-15H2,1-2H3/t19-/m0/s1. The number of aromatic nitrogens is 2. The maximum absolute atomic E-state index is 13.5. The molecule has 2 saturated heterocycles. The van der Waals surface area contributed by atoms with Gasteiger partial charge in [-0.2, -0.15) is 0 Å². The first-order chi connectivity index (χ1) is 15.4. The Morgan fingerprint density at radius 2 is 1.81 bits per heavy atom. The second kappa shape index (κ2) is 9.73. The van der Waals surface area contributed by atoms with E-state index in [9.17, 15) is 14.0 Å². The molecule has 2 fully saturated rings. The van der Waals surface area contributed by atoms with Crippen LogP contribution in [0.2, 0.25) is 0 Å². The maximum atomic E-state index is 13.5. The number of rotatable bonds is 4. The Labute approximate surface area is 187 Å². The summed E-state index contributed by atoms with van der Waals surface area (Å²) in [7, 11) is 0. The molecule has 0 N–H and O–H groups in total. The quantitative estimate of drug-likeness (QED) is 0.731. The lowest BCUT2D eigenvalue weighted by Gasteiger charge is -2.32. The molecule has 4 rings (SSSR count). The normalized spacial score (nSPS) is 19.2. The van der Waals surface area contributed by atoms with Gasteiger partial charge in [-0.1, -0.05) is 6.07 Å². The molecule has 0 radical (unpaired) electrons. The Balaban J connectivity index is 1.47. The Kier molecular flexibility index (Phi) is 6.79. The summed E-state index contributed by atoms with van der Waals surface area (Å²) in [5.74, 6) is 0.207. The van der Waals surface area contributed by atoms with Crippen LogP contribution in [0, 0.1) is 19.7 Å².